The van der Waals surface area contributed by atoms with Crippen LogP contribution in [0, 0.1) is 0 Å². The molecule has 0 spiro atoms. The zero-order valence-electron chi connectivity index (χ0n) is 12.3. The molecule has 3 amide bonds. The van der Waals surface area contributed by atoms with Gasteiger partial charge in [-0.3, -0.25) is 10.1 Å². The molecule has 1 aromatic heterocycles. The number of nitrogens with zero attached hydrogens (tertiary/aromatic N) is 1. The maximum atomic E-state index is 11.9. The van der Waals surface area contributed by atoms with Gasteiger partial charge in [-0.1, -0.05) is 48.5 Å². The lowest BCUT2D eigenvalue weighted by Gasteiger charge is -2.11. The summed E-state index contributed by atoms with van der Waals surface area (Å²) in [7, 11) is 0. The van der Waals surface area contributed by atoms with E-state index in [9.17, 15) is 9.59 Å². The number of primary amides is 2. The van der Waals surface area contributed by atoms with Crippen LogP contribution in [0.5, 0.6) is 0 Å². The zero-order valence-corrected chi connectivity index (χ0v) is 12.3. The predicted molar refractivity (Wildman–Crippen MR) is 89.2 cm³/mol. The number of hydrogen-bond acceptors (Lipinski definition) is 2. The molecule has 0 saturated carbocycles. The molecule has 0 aliphatic carbocycles. The Morgan fingerprint density at radius 1 is 0.957 bits per heavy atom. The van der Waals surface area contributed by atoms with Crippen molar-refractivity contribution in [3.8, 4) is 0 Å². The topological polar surface area (TPSA) is 103 Å². The molecule has 0 bridgehead atoms. The molecular weight excluding hydrogens is 292 g/mol. The van der Waals surface area contributed by atoms with Crippen LogP contribution in [0.15, 0.2) is 54.6 Å². The van der Waals surface area contributed by atoms with Crippen molar-refractivity contribution in [3.05, 3.63) is 65.7 Å². The lowest BCUT2D eigenvalue weighted by molar-refractivity contribution is 0.100. The first-order chi connectivity index (χ1) is 11.1. The second-order valence-corrected chi connectivity index (χ2v) is 5.17. The molecule has 0 aliphatic rings. The van der Waals surface area contributed by atoms with Gasteiger partial charge in [0, 0.05) is 11.9 Å². The molecule has 23 heavy (non-hydrogen) atoms. The van der Waals surface area contributed by atoms with E-state index in [1.807, 2.05) is 53.1 Å². The van der Waals surface area contributed by atoms with Crippen LogP contribution in [0.2, 0.25) is 0 Å². The second kappa shape index (κ2) is 5.84. The molecule has 2 aromatic carbocycles. The molecule has 3 aromatic rings. The van der Waals surface area contributed by atoms with E-state index < -0.39 is 11.9 Å². The van der Waals surface area contributed by atoms with Crippen molar-refractivity contribution in [1.82, 2.24) is 4.57 Å². The van der Waals surface area contributed by atoms with Gasteiger partial charge in [0.1, 0.15) is 5.82 Å². The molecule has 0 saturated heterocycles. The number of nitrogens with two attached hydrogens (primary N) is 2. The summed E-state index contributed by atoms with van der Waals surface area (Å²) in [5.41, 5.74) is 12.9. The fourth-order valence-electron chi connectivity index (χ4n) is 2.73. The number of nitrogens with one attached hydrogen (secondary N) is 1. The van der Waals surface area contributed by atoms with Crippen molar-refractivity contribution in [2.45, 2.75) is 6.54 Å². The predicted octanol–water partition coefficient (Wildman–Crippen LogP) is 2.28. The van der Waals surface area contributed by atoms with Gasteiger partial charge in [-0.15, -0.1) is 0 Å². The number of carbonyl (C=O) groups excluding carboxylic acids is 2. The highest BCUT2D eigenvalue weighted by atomic mass is 16.2. The Hall–Kier alpha value is -3.28. The maximum Gasteiger partial charge on any atom is 0.317 e. The van der Waals surface area contributed by atoms with Gasteiger partial charge in [-0.25, -0.2) is 4.79 Å². The highest BCUT2D eigenvalue weighted by Crippen LogP contribution is 2.30. The molecular formula is C17H16N4O2. The van der Waals surface area contributed by atoms with Gasteiger partial charge in [-0.2, -0.15) is 0 Å². The highest BCUT2D eigenvalue weighted by molar-refractivity contribution is 6.13. The molecule has 0 radical (unpaired) electrons. The normalized spacial score (nSPS) is 10.6. The summed E-state index contributed by atoms with van der Waals surface area (Å²) in [6.45, 7) is 0.476. The smallest absolute Gasteiger partial charge is 0.317 e. The summed E-state index contributed by atoms with van der Waals surface area (Å²) < 4.78 is 1.83. The number of para-hydroxylation sites is 1. The van der Waals surface area contributed by atoms with E-state index >= 15 is 0 Å². The fourth-order valence-corrected chi connectivity index (χ4v) is 2.73. The quantitative estimate of drug-likeness (QED) is 0.688. The van der Waals surface area contributed by atoms with Crippen LogP contribution < -0.4 is 16.8 Å². The summed E-state index contributed by atoms with van der Waals surface area (Å²) in [4.78, 5) is 23.3. The van der Waals surface area contributed by atoms with Crippen molar-refractivity contribution in [2.24, 2.45) is 11.5 Å². The first-order valence-electron chi connectivity index (χ1n) is 7.09. The summed E-state index contributed by atoms with van der Waals surface area (Å²) in [5, 5.41) is 3.21. The van der Waals surface area contributed by atoms with E-state index in [-0.39, 0.29) is 5.56 Å². The number of hydrogen-bond donors (Lipinski definition) is 3. The minimum absolute atomic E-state index is 0.260. The Kier molecular flexibility index (Phi) is 3.72. The lowest BCUT2D eigenvalue weighted by atomic mass is 10.1. The van der Waals surface area contributed by atoms with Crippen LogP contribution in [0.25, 0.3) is 10.9 Å². The van der Waals surface area contributed by atoms with E-state index in [1.54, 1.807) is 6.07 Å². The third-order valence-corrected chi connectivity index (χ3v) is 3.64. The van der Waals surface area contributed by atoms with E-state index in [0.717, 1.165) is 11.1 Å². The summed E-state index contributed by atoms with van der Waals surface area (Å²) >= 11 is 0. The maximum absolute atomic E-state index is 11.9. The Bertz CT molecular complexity index is 884. The Morgan fingerprint density at radius 3 is 2.26 bits per heavy atom. The van der Waals surface area contributed by atoms with Crippen molar-refractivity contribution in [2.75, 3.05) is 5.32 Å². The van der Waals surface area contributed by atoms with Crippen LogP contribution in [0.3, 0.4) is 0 Å². The van der Waals surface area contributed by atoms with Gasteiger partial charge < -0.3 is 16.0 Å². The number of aromatic nitrogens is 1. The number of benzene rings is 2. The van der Waals surface area contributed by atoms with E-state index in [2.05, 4.69) is 5.32 Å². The molecule has 3 rings (SSSR count). The average molecular weight is 308 g/mol. The second-order valence-electron chi connectivity index (χ2n) is 5.17. The third kappa shape index (κ3) is 2.74. The molecule has 1 heterocycles. The molecule has 0 aliphatic heterocycles. The van der Waals surface area contributed by atoms with Gasteiger partial charge in [0.05, 0.1) is 11.1 Å². The minimum Gasteiger partial charge on any atom is -0.365 e. The monoisotopic (exact) mass is 308 g/mol. The number of fused-ring (bicyclic) bond motifs is 1. The Morgan fingerprint density at radius 2 is 1.61 bits per heavy atom. The van der Waals surface area contributed by atoms with Crippen LogP contribution >= 0.6 is 0 Å². The van der Waals surface area contributed by atoms with Crippen molar-refractivity contribution < 1.29 is 9.59 Å². The number of anilines is 1. The van der Waals surface area contributed by atoms with Gasteiger partial charge in [-0.05, 0) is 11.6 Å². The number of amides is 3. The molecule has 6 heteroatoms. The summed E-state index contributed by atoms with van der Waals surface area (Å²) in [6, 6.07) is 16.3. The Labute approximate surface area is 132 Å². The van der Waals surface area contributed by atoms with Crippen molar-refractivity contribution >= 4 is 28.7 Å². The molecule has 116 valence electrons. The first kappa shape index (κ1) is 14.6. The molecule has 0 atom stereocenters. The molecule has 0 fully saturated rings. The Balaban J connectivity index is 2.25. The van der Waals surface area contributed by atoms with Gasteiger partial charge >= 0.3 is 6.03 Å². The average Bonchev–Trinajstić information content (AvgIpc) is 2.82. The molecule has 5 N–H and O–H groups in total. The molecule has 6 nitrogen and oxygen atoms in total. The summed E-state index contributed by atoms with van der Waals surface area (Å²) in [5.74, 6) is -0.299. The van der Waals surface area contributed by atoms with Crippen molar-refractivity contribution in [1.29, 1.82) is 0 Å². The van der Waals surface area contributed by atoms with Crippen LogP contribution in [-0.4, -0.2) is 16.5 Å². The van der Waals surface area contributed by atoms with Crippen LogP contribution in [-0.2, 0) is 6.54 Å². The highest BCUT2D eigenvalue weighted by Gasteiger charge is 2.21. The number of urea groups is 1. The van der Waals surface area contributed by atoms with Gasteiger partial charge in [0.15, 0.2) is 0 Å². The minimum atomic E-state index is -0.746. The van der Waals surface area contributed by atoms with E-state index in [4.69, 9.17) is 11.5 Å². The largest absolute Gasteiger partial charge is 0.365 e. The standard InChI is InChI=1S/C17H16N4O2/c18-15(22)14-12-8-4-5-9-13(12)21(16(14)20-17(19)23)10-11-6-2-1-3-7-11/h1-9H,10H2,(H2,18,22)(H3,19,20,23). The SMILES string of the molecule is NC(=O)Nc1c(C(N)=O)c2ccccc2n1Cc1ccccc1. The van der Waals surface area contributed by atoms with Crippen LogP contribution in [0.4, 0.5) is 10.6 Å². The van der Waals surface area contributed by atoms with Gasteiger partial charge in [0.25, 0.3) is 5.91 Å². The number of carbonyl (C=O) groups is 2. The third-order valence-electron chi connectivity index (χ3n) is 3.64. The first-order valence-corrected chi connectivity index (χ1v) is 7.09. The van der Waals surface area contributed by atoms with Crippen LogP contribution in [0.1, 0.15) is 15.9 Å². The lowest BCUT2D eigenvalue weighted by Crippen LogP contribution is -2.24. The van der Waals surface area contributed by atoms with Crippen molar-refractivity contribution in [3.63, 3.8) is 0 Å². The molecule has 0 unspecified atom stereocenters. The van der Waals surface area contributed by atoms with Gasteiger partial charge in [0.2, 0.25) is 0 Å². The van der Waals surface area contributed by atoms with E-state index in [0.29, 0.717) is 17.7 Å². The number of rotatable bonds is 4. The fraction of sp³-hybridized carbons (Fsp3) is 0.0588. The summed E-state index contributed by atoms with van der Waals surface area (Å²) in [6.07, 6.45) is 0. The van der Waals surface area contributed by atoms with E-state index in [1.165, 1.54) is 0 Å². The zero-order chi connectivity index (χ0) is 16.4.